The fourth-order valence-electron chi connectivity index (χ4n) is 2.37. The number of ether oxygens (including phenoxy) is 1. The van der Waals surface area contributed by atoms with E-state index in [0.29, 0.717) is 28.8 Å². The molecule has 0 amide bonds. The molecule has 6 heteroatoms. The minimum Gasteiger partial charge on any atom is -0.490 e. The van der Waals surface area contributed by atoms with Crippen LogP contribution in [0.4, 0.5) is 0 Å². The number of carbonyl (C=O) groups excluding carboxylic acids is 2. The zero-order valence-electron chi connectivity index (χ0n) is 14.4. The molecule has 0 bridgehead atoms. The Labute approximate surface area is 140 Å². The van der Waals surface area contributed by atoms with Gasteiger partial charge in [-0.1, -0.05) is 13.8 Å². The molecular weight excluding hydrogens is 310 g/mol. The van der Waals surface area contributed by atoms with E-state index >= 15 is 0 Å². The maximum atomic E-state index is 12.0. The molecular formula is C18H23NO5. The van der Waals surface area contributed by atoms with Gasteiger partial charge in [0.2, 0.25) is 0 Å². The summed E-state index contributed by atoms with van der Waals surface area (Å²) >= 11 is 0. The van der Waals surface area contributed by atoms with Crippen LogP contribution in [-0.4, -0.2) is 42.0 Å². The molecule has 6 nitrogen and oxygen atoms in total. The van der Waals surface area contributed by atoms with E-state index in [1.165, 1.54) is 13.8 Å². The second kappa shape index (κ2) is 7.59. The van der Waals surface area contributed by atoms with Crippen LogP contribution in [0.1, 0.15) is 48.6 Å². The number of furan rings is 1. The Morgan fingerprint density at radius 3 is 2.54 bits per heavy atom. The second-order valence-electron chi connectivity index (χ2n) is 6.10. The molecule has 0 aliphatic heterocycles. The lowest BCUT2D eigenvalue weighted by Crippen LogP contribution is -2.35. The Bertz CT molecular complexity index is 747. The maximum Gasteiger partial charge on any atom is 0.194 e. The van der Waals surface area contributed by atoms with Crippen LogP contribution in [0.2, 0.25) is 0 Å². The Morgan fingerprint density at radius 1 is 1.25 bits per heavy atom. The number of benzene rings is 1. The highest BCUT2D eigenvalue weighted by Crippen LogP contribution is 2.31. The fourth-order valence-corrected chi connectivity index (χ4v) is 2.37. The third kappa shape index (κ3) is 4.21. The van der Waals surface area contributed by atoms with Gasteiger partial charge in [-0.15, -0.1) is 0 Å². The third-order valence-corrected chi connectivity index (χ3v) is 3.55. The zero-order valence-corrected chi connectivity index (χ0v) is 14.4. The maximum absolute atomic E-state index is 12.0. The molecule has 0 saturated carbocycles. The van der Waals surface area contributed by atoms with Crippen LogP contribution in [0.5, 0.6) is 5.75 Å². The molecule has 130 valence electrons. The van der Waals surface area contributed by atoms with Crippen LogP contribution in [-0.2, 0) is 0 Å². The molecule has 2 rings (SSSR count). The summed E-state index contributed by atoms with van der Waals surface area (Å²) in [5.41, 5.74) is 0.813. The van der Waals surface area contributed by atoms with Crippen LogP contribution in [0, 0.1) is 0 Å². The SMILES string of the molecule is CC(=O)c1cc2c(C(C)=O)c(OCC(O)CNC(C)C)ccc2o1. The standard InChI is InChI=1S/C18H23NO5/c1-10(2)19-8-13(22)9-23-16-6-5-15-14(18(16)12(4)21)7-17(24-15)11(3)20/h5-7,10,13,19,22H,8-9H2,1-4H3. The van der Waals surface area contributed by atoms with Crippen LogP contribution < -0.4 is 10.1 Å². The number of hydrogen-bond acceptors (Lipinski definition) is 6. The Hall–Kier alpha value is -2.18. The van der Waals surface area contributed by atoms with E-state index < -0.39 is 6.10 Å². The normalized spacial score (nSPS) is 12.6. The lowest BCUT2D eigenvalue weighted by Gasteiger charge is -2.16. The number of nitrogens with one attached hydrogen (secondary N) is 1. The lowest BCUT2D eigenvalue weighted by molar-refractivity contribution is 0.0969. The molecule has 0 radical (unpaired) electrons. The van der Waals surface area contributed by atoms with Gasteiger partial charge in [0.1, 0.15) is 24.0 Å². The van der Waals surface area contributed by atoms with E-state index in [2.05, 4.69) is 5.32 Å². The van der Waals surface area contributed by atoms with Crippen molar-refractivity contribution in [1.29, 1.82) is 0 Å². The summed E-state index contributed by atoms with van der Waals surface area (Å²) in [6.45, 7) is 7.26. The van der Waals surface area contributed by atoms with Crippen molar-refractivity contribution in [3.63, 3.8) is 0 Å². The summed E-state index contributed by atoms with van der Waals surface area (Å²) < 4.78 is 11.1. The predicted octanol–water partition coefficient (Wildman–Crippen LogP) is 2.58. The van der Waals surface area contributed by atoms with Gasteiger partial charge in [-0.2, -0.15) is 0 Å². The fraction of sp³-hybridized carbons (Fsp3) is 0.444. The highest BCUT2D eigenvalue weighted by atomic mass is 16.5. The molecule has 0 spiro atoms. The third-order valence-electron chi connectivity index (χ3n) is 3.55. The summed E-state index contributed by atoms with van der Waals surface area (Å²) in [6, 6.07) is 5.09. The average Bonchev–Trinajstić information content (AvgIpc) is 2.94. The number of aliphatic hydroxyl groups excluding tert-OH is 1. The van der Waals surface area contributed by atoms with Crippen molar-refractivity contribution in [3.8, 4) is 5.75 Å². The zero-order chi connectivity index (χ0) is 17.9. The van der Waals surface area contributed by atoms with E-state index in [0.717, 1.165) is 0 Å². The van der Waals surface area contributed by atoms with Gasteiger partial charge in [0.15, 0.2) is 17.3 Å². The van der Waals surface area contributed by atoms with Crippen molar-refractivity contribution in [1.82, 2.24) is 5.32 Å². The first-order valence-electron chi connectivity index (χ1n) is 7.92. The number of ketones is 2. The van der Waals surface area contributed by atoms with Gasteiger partial charge in [0.25, 0.3) is 0 Å². The largest absolute Gasteiger partial charge is 0.490 e. The van der Waals surface area contributed by atoms with Crippen molar-refractivity contribution < 1.29 is 23.8 Å². The highest BCUT2D eigenvalue weighted by Gasteiger charge is 2.19. The van der Waals surface area contributed by atoms with Crippen LogP contribution in [0.15, 0.2) is 22.6 Å². The molecule has 0 fully saturated rings. The smallest absolute Gasteiger partial charge is 0.194 e. The van der Waals surface area contributed by atoms with Crippen molar-refractivity contribution in [2.45, 2.75) is 39.8 Å². The van der Waals surface area contributed by atoms with Crippen molar-refractivity contribution in [2.24, 2.45) is 0 Å². The van der Waals surface area contributed by atoms with E-state index in [1.807, 2.05) is 13.8 Å². The molecule has 1 aromatic heterocycles. The molecule has 24 heavy (non-hydrogen) atoms. The molecule has 1 unspecified atom stereocenters. The van der Waals surface area contributed by atoms with Crippen molar-refractivity contribution in [3.05, 3.63) is 29.5 Å². The molecule has 2 aromatic rings. The number of carbonyl (C=O) groups is 2. The first-order valence-corrected chi connectivity index (χ1v) is 7.92. The van der Waals surface area contributed by atoms with Gasteiger partial charge in [-0.05, 0) is 25.1 Å². The molecule has 1 atom stereocenters. The summed E-state index contributed by atoms with van der Waals surface area (Å²) in [7, 11) is 0. The highest BCUT2D eigenvalue weighted by molar-refractivity contribution is 6.10. The first-order chi connectivity index (χ1) is 11.3. The number of fused-ring (bicyclic) bond motifs is 1. The first kappa shape index (κ1) is 18.2. The number of aliphatic hydroxyl groups is 1. The lowest BCUT2D eigenvalue weighted by atomic mass is 10.1. The molecule has 2 N–H and O–H groups in total. The van der Waals surface area contributed by atoms with Gasteiger partial charge >= 0.3 is 0 Å². The molecule has 0 aliphatic rings. The van der Waals surface area contributed by atoms with Gasteiger partial charge in [0.05, 0.1) is 5.56 Å². The van der Waals surface area contributed by atoms with Crippen molar-refractivity contribution in [2.75, 3.05) is 13.2 Å². The Morgan fingerprint density at radius 2 is 1.96 bits per heavy atom. The number of hydrogen-bond donors (Lipinski definition) is 2. The van der Waals surface area contributed by atoms with E-state index in [9.17, 15) is 14.7 Å². The Balaban J connectivity index is 2.25. The van der Waals surface area contributed by atoms with Gasteiger partial charge in [-0.3, -0.25) is 9.59 Å². The van der Waals surface area contributed by atoms with Crippen LogP contribution in [0.3, 0.4) is 0 Å². The summed E-state index contributed by atoms with van der Waals surface area (Å²) in [6.07, 6.45) is -0.694. The quantitative estimate of drug-likeness (QED) is 0.722. The van der Waals surface area contributed by atoms with Gasteiger partial charge in [-0.25, -0.2) is 0 Å². The average molecular weight is 333 g/mol. The summed E-state index contributed by atoms with van der Waals surface area (Å²) in [5.74, 6) is 0.167. The minimum atomic E-state index is -0.694. The van der Waals surface area contributed by atoms with Crippen molar-refractivity contribution >= 4 is 22.5 Å². The monoisotopic (exact) mass is 333 g/mol. The number of rotatable bonds is 8. The van der Waals surface area contributed by atoms with E-state index in [4.69, 9.17) is 9.15 Å². The van der Waals surface area contributed by atoms with Gasteiger partial charge in [0, 0.05) is 24.9 Å². The van der Waals surface area contributed by atoms with E-state index in [1.54, 1.807) is 18.2 Å². The van der Waals surface area contributed by atoms with Crippen LogP contribution >= 0.6 is 0 Å². The molecule has 1 heterocycles. The Kier molecular flexibility index (Phi) is 5.75. The summed E-state index contributed by atoms with van der Waals surface area (Å²) in [4.78, 5) is 23.5. The number of Topliss-reactive ketones (excluding diaryl/α,β-unsaturated/α-hetero) is 2. The van der Waals surface area contributed by atoms with Gasteiger partial charge < -0.3 is 19.6 Å². The molecule has 0 aliphatic carbocycles. The second-order valence-corrected chi connectivity index (χ2v) is 6.10. The topological polar surface area (TPSA) is 88.8 Å². The molecule has 1 aromatic carbocycles. The predicted molar refractivity (Wildman–Crippen MR) is 90.9 cm³/mol. The van der Waals surface area contributed by atoms with E-state index in [-0.39, 0.29) is 30.0 Å². The summed E-state index contributed by atoms with van der Waals surface area (Å²) in [5, 5.41) is 13.6. The van der Waals surface area contributed by atoms with Crippen LogP contribution in [0.25, 0.3) is 11.0 Å². The molecule has 0 saturated heterocycles. The minimum absolute atomic E-state index is 0.0585.